The average molecular weight is 258 g/mol. The molecule has 0 bridgehead atoms. The summed E-state index contributed by atoms with van der Waals surface area (Å²) in [5.41, 5.74) is 3.48. The highest BCUT2D eigenvalue weighted by Crippen LogP contribution is 2.13. The zero-order valence-corrected chi connectivity index (χ0v) is 12.0. The minimum absolute atomic E-state index is 0.580. The van der Waals surface area contributed by atoms with E-state index in [0.29, 0.717) is 5.76 Å². The average Bonchev–Trinajstić information content (AvgIpc) is 2.60. The second-order valence-corrected chi connectivity index (χ2v) is 4.49. The van der Waals surface area contributed by atoms with E-state index in [1.54, 1.807) is 6.92 Å². The highest BCUT2D eigenvalue weighted by atomic mass is 16.3. The standard InChI is InChI=1S/C17H23NO/c1-4-6-16(13-14(2)19)10-9-15-7-5-8-17(18-3)12-11-15/h5-6,8-13,18-19H,4,7H2,1-3H3/p+1/b10-9+,14-13-,16-6-. The molecule has 0 unspecified atom stereocenters. The van der Waals surface area contributed by atoms with Crippen molar-refractivity contribution in [2.24, 2.45) is 0 Å². The fraction of sp³-hybridized carbons (Fsp3) is 0.294. The summed E-state index contributed by atoms with van der Waals surface area (Å²) in [6.07, 6.45) is 18.6. The molecule has 19 heavy (non-hydrogen) atoms. The Morgan fingerprint density at radius 1 is 1.42 bits per heavy atom. The molecule has 0 saturated carbocycles. The second kappa shape index (κ2) is 8.20. The van der Waals surface area contributed by atoms with Crippen LogP contribution in [-0.4, -0.2) is 12.2 Å². The molecule has 0 spiro atoms. The molecule has 1 aliphatic rings. The lowest BCUT2D eigenvalue weighted by molar-refractivity contribution is 0.414. The van der Waals surface area contributed by atoms with Gasteiger partial charge in [-0.1, -0.05) is 37.3 Å². The van der Waals surface area contributed by atoms with Gasteiger partial charge >= 0.3 is 0 Å². The quantitative estimate of drug-likeness (QED) is 0.457. The summed E-state index contributed by atoms with van der Waals surface area (Å²) in [6, 6.07) is 0. The lowest BCUT2D eigenvalue weighted by Gasteiger charge is -1.97. The van der Waals surface area contributed by atoms with Crippen LogP contribution in [0.2, 0.25) is 0 Å². The Morgan fingerprint density at radius 3 is 2.84 bits per heavy atom. The lowest BCUT2D eigenvalue weighted by Crippen LogP contribution is -2.01. The topological polar surface area (TPSA) is 34.9 Å². The maximum atomic E-state index is 7.54. The summed E-state index contributed by atoms with van der Waals surface area (Å²) in [5.74, 6) is 0.580. The molecule has 0 amide bonds. The fourth-order valence-corrected chi connectivity index (χ4v) is 1.80. The Labute approximate surface area is 116 Å². The SMILES string of the molecule is CC/C=C(\C=C(\C)[OH2+])/C=C/C1=CC=C(NC)C=CC1. The first-order valence-corrected chi connectivity index (χ1v) is 6.69. The van der Waals surface area contributed by atoms with Crippen LogP contribution in [0.5, 0.6) is 0 Å². The maximum Gasteiger partial charge on any atom is 0.226 e. The van der Waals surface area contributed by atoms with E-state index in [1.165, 1.54) is 5.57 Å². The molecule has 0 atom stereocenters. The van der Waals surface area contributed by atoms with E-state index in [1.807, 2.05) is 13.1 Å². The van der Waals surface area contributed by atoms with Crippen molar-refractivity contribution < 1.29 is 5.11 Å². The Hall–Kier alpha value is -1.96. The van der Waals surface area contributed by atoms with Crippen LogP contribution in [0.3, 0.4) is 0 Å². The molecular formula is C17H24NO+. The first-order chi connectivity index (χ1) is 9.15. The summed E-state index contributed by atoms with van der Waals surface area (Å²) in [7, 11) is 1.93. The number of hydrogen-bond donors (Lipinski definition) is 1. The van der Waals surface area contributed by atoms with E-state index in [4.69, 9.17) is 5.11 Å². The minimum atomic E-state index is 0.580. The van der Waals surface area contributed by atoms with Crippen LogP contribution >= 0.6 is 0 Å². The molecule has 0 aromatic carbocycles. The normalized spacial score (nSPS) is 17.2. The van der Waals surface area contributed by atoms with E-state index in [-0.39, 0.29) is 0 Å². The van der Waals surface area contributed by atoms with Crippen molar-refractivity contribution in [3.8, 4) is 0 Å². The van der Waals surface area contributed by atoms with Crippen LogP contribution in [0.15, 0.2) is 71.2 Å². The fourth-order valence-electron chi connectivity index (χ4n) is 1.80. The third-order valence-electron chi connectivity index (χ3n) is 2.73. The van der Waals surface area contributed by atoms with Crippen LogP contribution in [-0.2, 0) is 0 Å². The second-order valence-electron chi connectivity index (χ2n) is 4.49. The molecule has 102 valence electrons. The smallest absolute Gasteiger partial charge is 0.226 e. The number of rotatable bonds is 5. The van der Waals surface area contributed by atoms with Gasteiger partial charge < -0.3 is 10.4 Å². The third kappa shape index (κ3) is 5.96. The van der Waals surface area contributed by atoms with E-state index >= 15 is 0 Å². The summed E-state index contributed by atoms with van der Waals surface area (Å²) >= 11 is 0. The predicted octanol–water partition coefficient (Wildman–Crippen LogP) is 3.50. The van der Waals surface area contributed by atoms with Gasteiger partial charge in [-0.2, -0.15) is 0 Å². The summed E-state index contributed by atoms with van der Waals surface area (Å²) in [6.45, 7) is 3.91. The molecule has 0 fully saturated rings. The zero-order chi connectivity index (χ0) is 14.1. The number of allylic oxidation sites excluding steroid dienone is 11. The van der Waals surface area contributed by atoms with Gasteiger partial charge in [0.15, 0.2) is 0 Å². The van der Waals surface area contributed by atoms with E-state index in [9.17, 15) is 0 Å². The molecular weight excluding hydrogens is 234 g/mol. The van der Waals surface area contributed by atoms with Crippen LogP contribution in [0.25, 0.3) is 0 Å². The molecule has 0 aromatic rings. The van der Waals surface area contributed by atoms with Gasteiger partial charge in [-0.3, -0.25) is 0 Å². The Morgan fingerprint density at radius 2 is 2.21 bits per heavy atom. The minimum Gasteiger partial charge on any atom is -0.597 e. The number of likely N-dealkylation sites (N-methyl/N-ethyl adjacent to an activating group) is 1. The van der Waals surface area contributed by atoms with Gasteiger partial charge in [-0.05, 0) is 36.1 Å². The molecule has 0 saturated heterocycles. The largest absolute Gasteiger partial charge is 0.597 e. The highest BCUT2D eigenvalue weighted by Gasteiger charge is 1.96. The molecule has 1 aliphatic carbocycles. The number of nitrogens with one attached hydrogen (secondary N) is 1. The van der Waals surface area contributed by atoms with Gasteiger partial charge in [0.25, 0.3) is 0 Å². The van der Waals surface area contributed by atoms with E-state index in [0.717, 1.165) is 24.1 Å². The number of hydrogen-bond acceptors (Lipinski definition) is 1. The van der Waals surface area contributed by atoms with Crippen molar-refractivity contribution in [1.29, 1.82) is 0 Å². The summed E-state index contributed by atoms with van der Waals surface area (Å²) < 4.78 is 0. The Balaban J connectivity index is 2.83. The maximum absolute atomic E-state index is 7.54. The van der Waals surface area contributed by atoms with Crippen LogP contribution in [0.4, 0.5) is 0 Å². The molecule has 1 rings (SSSR count). The Kier molecular flexibility index (Phi) is 6.51. The Bertz CT molecular complexity index is 469. The molecule has 0 aromatic heterocycles. The molecule has 2 heteroatoms. The zero-order valence-electron chi connectivity index (χ0n) is 12.0. The molecule has 0 heterocycles. The van der Waals surface area contributed by atoms with Crippen molar-refractivity contribution in [3.05, 3.63) is 71.2 Å². The van der Waals surface area contributed by atoms with Crippen molar-refractivity contribution in [1.82, 2.24) is 5.32 Å². The third-order valence-corrected chi connectivity index (χ3v) is 2.73. The van der Waals surface area contributed by atoms with Gasteiger partial charge in [-0.25, -0.2) is 0 Å². The molecule has 3 N–H and O–H groups in total. The van der Waals surface area contributed by atoms with Gasteiger partial charge in [0.2, 0.25) is 5.76 Å². The molecule has 0 radical (unpaired) electrons. The predicted molar refractivity (Wildman–Crippen MR) is 83.9 cm³/mol. The van der Waals surface area contributed by atoms with Crippen LogP contribution in [0.1, 0.15) is 26.7 Å². The van der Waals surface area contributed by atoms with Crippen LogP contribution < -0.4 is 5.32 Å². The molecule has 2 nitrogen and oxygen atoms in total. The lowest BCUT2D eigenvalue weighted by atomic mass is 10.1. The van der Waals surface area contributed by atoms with Crippen molar-refractivity contribution in [3.63, 3.8) is 0 Å². The first-order valence-electron chi connectivity index (χ1n) is 6.69. The van der Waals surface area contributed by atoms with Crippen molar-refractivity contribution in [2.45, 2.75) is 26.7 Å². The van der Waals surface area contributed by atoms with Gasteiger partial charge in [0.05, 0.1) is 0 Å². The summed E-state index contributed by atoms with van der Waals surface area (Å²) in [4.78, 5) is 0. The summed E-state index contributed by atoms with van der Waals surface area (Å²) in [5, 5.41) is 10.7. The van der Waals surface area contributed by atoms with Gasteiger partial charge in [-0.15, -0.1) is 0 Å². The monoisotopic (exact) mass is 258 g/mol. The highest BCUT2D eigenvalue weighted by molar-refractivity contribution is 5.39. The van der Waals surface area contributed by atoms with Crippen LogP contribution in [0, 0.1) is 0 Å². The van der Waals surface area contributed by atoms with Gasteiger partial charge in [0.1, 0.15) is 0 Å². The van der Waals surface area contributed by atoms with Gasteiger partial charge in [0, 0.05) is 25.7 Å². The van der Waals surface area contributed by atoms with E-state index in [2.05, 4.69) is 54.8 Å². The van der Waals surface area contributed by atoms with Crippen molar-refractivity contribution >= 4 is 0 Å². The molecule has 0 aliphatic heterocycles. The first kappa shape index (κ1) is 15.1. The van der Waals surface area contributed by atoms with E-state index < -0.39 is 0 Å². The van der Waals surface area contributed by atoms with Crippen molar-refractivity contribution in [2.75, 3.05) is 7.05 Å².